The first-order valence-electron chi connectivity index (χ1n) is 10.1. The predicted octanol–water partition coefficient (Wildman–Crippen LogP) is 4.03. The highest BCUT2D eigenvalue weighted by Crippen LogP contribution is 2.58. The van der Waals surface area contributed by atoms with Gasteiger partial charge in [-0.05, 0) is 43.7 Å². The lowest BCUT2D eigenvalue weighted by Crippen LogP contribution is -2.47. The average Bonchev–Trinajstić information content (AvgIpc) is 3.07. The number of hydrogen-bond donors (Lipinski definition) is 0. The molecule has 0 bridgehead atoms. The quantitative estimate of drug-likeness (QED) is 0.584. The summed E-state index contributed by atoms with van der Waals surface area (Å²) in [7, 11) is 3.78. The molecule has 150 valence electrons. The van der Waals surface area contributed by atoms with Crippen LogP contribution < -0.4 is 14.4 Å². The van der Waals surface area contributed by atoms with Crippen molar-refractivity contribution < 1.29 is 19.0 Å². The molecule has 0 amide bonds. The number of esters is 1. The van der Waals surface area contributed by atoms with E-state index >= 15 is 0 Å². The minimum absolute atomic E-state index is 0.0675. The van der Waals surface area contributed by atoms with Crippen LogP contribution in [0.5, 0.6) is 11.5 Å². The zero-order valence-corrected chi connectivity index (χ0v) is 17.0. The van der Waals surface area contributed by atoms with Crippen LogP contribution in [-0.2, 0) is 10.2 Å². The first-order valence-corrected chi connectivity index (χ1v) is 10.1. The fourth-order valence-corrected chi connectivity index (χ4v) is 4.85. The van der Waals surface area contributed by atoms with Crippen LogP contribution in [0.4, 0.5) is 5.69 Å². The van der Waals surface area contributed by atoms with Gasteiger partial charge in [-0.3, -0.25) is 0 Å². The first-order chi connectivity index (χ1) is 14.0. The van der Waals surface area contributed by atoms with E-state index in [4.69, 9.17) is 14.2 Å². The summed E-state index contributed by atoms with van der Waals surface area (Å²) in [5.41, 5.74) is 3.90. The molecule has 0 saturated heterocycles. The van der Waals surface area contributed by atoms with Gasteiger partial charge in [-0.1, -0.05) is 23.8 Å². The molecule has 3 aliphatic rings. The number of carbonyl (C=O) groups is 1. The van der Waals surface area contributed by atoms with Gasteiger partial charge in [0.05, 0.1) is 18.1 Å². The third-order valence-corrected chi connectivity index (χ3v) is 6.49. The number of nitrogens with zero attached hydrogens (tertiary/aromatic N) is 1. The van der Waals surface area contributed by atoms with Crippen molar-refractivity contribution >= 4 is 11.7 Å². The van der Waals surface area contributed by atoms with Crippen LogP contribution in [0.1, 0.15) is 34.3 Å². The smallest absolute Gasteiger partial charge is 0.338 e. The van der Waals surface area contributed by atoms with E-state index in [0.29, 0.717) is 12.0 Å². The Morgan fingerprint density at radius 3 is 2.76 bits per heavy atom. The van der Waals surface area contributed by atoms with Gasteiger partial charge in [0.1, 0.15) is 12.2 Å². The second kappa shape index (κ2) is 6.55. The summed E-state index contributed by atoms with van der Waals surface area (Å²) in [6.45, 7) is 2.95. The van der Waals surface area contributed by atoms with Crippen molar-refractivity contribution in [2.24, 2.45) is 0 Å². The number of methoxy groups -OCH3 is 1. The average molecular weight is 391 g/mol. The SMILES string of the molecule is COc1ccc2c3c1OC1C[C@@H](OC(=O)c4ccc(C)cc4)C=C[C@@]31CCN2C. The number of ether oxygens (including phenoxy) is 3. The van der Waals surface area contributed by atoms with Gasteiger partial charge < -0.3 is 19.1 Å². The summed E-state index contributed by atoms with van der Waals surface area (Å²) in [5, 5.41) is 0. The Balaban J connectivity index is 1.44. The van der Waals surface area contributed by atoms with Crippen molar-refractivity contribution in [1.82, 2.24) is 0 Å². The Labute approximate surface area is 170 Å². The van der Waals surface area contributed by atoms with Gasteiger partial charge >= 0.3 is 5.97 Å². The maximum absolute atomic E-state index is 12.6. The van der Waals surface area contributed by atoms with Crippen LogP contribution in [0, 0.1) is 6.92 Å². The van der Waals surface area contributed by atoms with Gasteiger partial charge in [0.15, 0.2) is 11.5 Å². The van der Waals surface area contributed by atoms with E-state index in [-0.39, 0.29) is 23.6 Å². The molecule has 5 heteroatoms. The van der Waals surface area contributed by atoms with E-state index in [9.17, 15) is 4.79 Å². The van der Waals surface area contributed by atoms with E-state index in [2.05, 4.69) is 24.1 Å². The Bertz CT molecular complexity index is 997. The molecule has 5 rings (SSSR count). The van der Waals surface area contributed by atoms with Gasteiger partial charge in [0.25, 0.3) is 0 Å². The number of aryl methyl sites for hydroxylation is 1. The van der Waals surface area contributed by atoms with Crippen LogP contribution in [0.2, 0.25) is 0 Å². The normalized spacial score (nSPS) is 26.4. The Morgan fingerprint density at radius 2 is 2.00 bits per heavy atom. The number of carbonyl (C=O) groups excluding carboxylic acids is 1. The van der Waals surface area contributed by atoms with Gasteiger partial charge in [-0.25, -0.2) is 4.79 Å². The van der Waals surface area contributed by atoms with Crippen molar-refractivity contribution in [3.63, 3.8) is 0 Å². The zero-order valence-electron chi connectivity index (χ0n) is 17.0. The highest BCUT2D eigenvalue weighted by molar-refractivity contribution is 5.89. The van der Waals surface area contributed by atoms with Crippen LogP contribution in [0.15, 0.2) is 48.6 Å². The topological polar surface area (TPSA) is 48.0 Å². The molecule has 0 radical (unpaired) electrons. The monoisotopic (exact) mass is 391 g/mol. The fourth-order valence-electron chi connectivity index (χ4n) is 4.85. The predicted molar refractivity (Wildman–Crippen MR) is 111 cm³/mol. The van der Waals surface area contributed by atoms with Crippen LogP contribution >= 0.6 is 0 Å². The van der Waals surface area contributed by atoms with E-state index in [1.807, 2.05) is 43.3 Å². The lowest BCUT2D eigenvalue weighted by molar-refractivity contribution is 0.0221. The highest BCUT2D eigenvalue weighted by Gasteiger charge is 2.54. The first kappa shape index (κ1) is 18.1. The number of anilines is 1. The van der Waals surface area contributed by atoms with Crippen molar-refractivity contribution in [3.05, 3.63) is 65.2 Å². The van der Waals surface area contributed by atoms with Crippen LogP contribution in [0.3, 0.4) is 0 Å². The maximum atomic E-state index is 12.6. The van der Waals surface area contributed by atoms with Crippen molar-refractivity contribution in [3.8, 4) is 11.5 Å². The van der Waals surface area contributed by atoms with E-state index in [1.54, 1.807) is 7.11 Å². The molecular formula is C24H25NO4. The summed E-state index contributed by atoms with van der Waals surface area (Å²) in [6.07, 6.45) is 5.47. The van der Waals surface area contributed by atoms with Crippen LogP contribution in [0.25, 0.3) is 0 Å². The molecule has 0 saturated carbocycles. The summed E-state index contributed by atoms with van der Waals surface area (Å²) >= 11 is 0. The fraction of sp³-hybridized carbons (Fsp3) is 0.375. The Kier molecular flexibility index (Phi) is 4.09. The molecule has 0 N–H and O–H groups in total. The number of rotatable bonds is 3. The minimum atomic E-state index is -0.303. The largest absolute Gasteiger partial charge is 0.493 e. The molecule has 29 heavy (non-hydrogen) atoms. The molecule has 1 aliphatic carbocycles. The molecule has 2 aliphatic heterocycles. The van der Waals surface area contributed by atoms with Crippen molar-refractivity contribution in [2.45, 2.75) is 37.4 Å². The molecule has 2 aromatic carbocycles. The van der Waals surface area contributed by atoms with Gasteiger partial charge in [0, 0.05) is 31.3 Å². The van der Waals surface area contributed by atoms with Crippen LogP contribution in [-0.4, -0.2) is 38.9 Å². The molecule has 1 unspecified atom stereocenters. The van der Waals surface area contributed by atoms with Crippen molar-refractivity contribution in [1.29, 1.82) is 0 Å². The molecule has 2 heterocycles. The molecular weight excluding hydrogens is 366 g/mol. The standard InChI is InChI=1S/C24H25NO4/c1-15-4-6-16(7-5-15)23(26)28-17-10-11-24-12-13-25(2)18-8-9-19(27-3)22(21(18)24)29-20(24)14-17/h4-11,17,20H,12-14H2,1-3H3/t17-,20?,24-/m0/s1. The van der Waals surface area contributed by atoms with Crippen molar-refractivity contribution in [2.75, 3.05) is 25.6 Å². The second-order valence-corrected chi connectivity index (χ2v) is 8.21. The lowest BCUT2D eigenvalue weighted by atomic mass is 9.67. The molecule has 0 fully saturated rings. The molecule has 0 aromatic heterocycles. The number of hydrogen-bond acceptors (Lipinski definition) is 5. The van der Waals surface area contributed by atoms with Gasteiger partial charge in [-0.2, -0.15) is 0 Å². The highest BCUT2D eigenvalue weighted by atomic mass is 16.6. The molecule has 1 spiro atoms. The Hall–Kier alpha value is -2.95. The third kappa shape index (κ3) is 2.71. The Morgan fingerprint density at radius 1 is 1.21 bits per heavy atom. The second-order valence-electron chi connectivity index (χ2n) is 8.21. The summed E-state index contributed by atoms with van der Waals surface area (Å²) in [5.74, 6) is 1.29. The lowest BCUT2D eigenvalue weighted by Gasteiger charge is -2.42. The third-order valence-electron chi connectivity index (χ3n) is 6.49. The van der Waals surface area contributed by atoms with E-state index in [1.165, 1.54) is 11.3 Å². The van der Waals surface area contributed by atoms with Gasteiger partial charge in [0.2, 0.25) is 0 Å². The molecule has 2 aromatic rings. The van der Waals surface area contributed by atoms with Gasteiger partial charge in [-0.15, -0.1) is 0 Å². The summed E-state index contributed by atoms with van der Waals surface area (Å²) in [4.78, 5) is 14.8. The van der Waals surface area contributed by atoms with E-state index < -0.39 is 0 Å². The molecule has 5 nitrogen and oxygen atoms in total. The maximum Gasteiger partial charge on any atom is 0.338 e. The number of benzene rings is 2. The minimum Gasteiger partial charge on any atom is -0.493 e. The summed E-state index contributed by atoms with van der Waals surface area (Å²) < 4.78 is 17.8. The molecule has 3 atom stereocenters. The summed E-state index contributed by atoms with van der Waals surface area (Å²) in [6, 6.07) is 11.5. The zero-order chi connectivity index (χ0) is 20.2. The van der Waals surface area contributed by atoms with E-state index in [0.717, 1.165) is 30.0 Å².